The average Bonchev–Trinajstić information content (AvgIpc) is 2.38. The van der Waals surface area contributed by atoms with E-state index in [9.17, 15) is 8.42 Å². The monoisotopic (exact) mass is 273 g/mol. The van der Waals surface area contributed by atoms with Crippen molar-refractivity contribution in [1.82, 2.24) is 4.98 Å². The predicted octanol–water partition coefficient (Wildman–Crippen LogP) is 2.06. The molecule has 0 saturated heterocycles. The summed E-state index contributed by atoms with van der Waals surface area (Å²) in [5.74, 6) is 0. The Morgan fingerprint density at radius 2 is 2.00 bits per heavy atom. The summed E-state index contributed by atoms with van der Waals surface area (Å²) in [5, 5.41) is 8.94. The highest BCUT2D eigenvalue weighted by atomic mass is 32.2. The summed E-state index contributed by atoms with van der Waals surface area (Å²) in [7, 11) is -3.79. The summed E-state index contributed by atoms with van der Waals surface area (Å²) in [6.07, 6.45) is 3.04. The molecule has 1 aromatic heterocycles. The lowest BCUT2D eigenvalue weighted by atomic mass is 10.2. The number of rotatable bonds is 3. The van der Waals surface area contributed by atoms with E-state index in [1.54, 1.807) is 24.4 Å². The maximum atomic E-state index is 12.2. The first-order chi connectivity index (χ1) is 9.03. The third-order valence-corrected chi connectivity index (χ3v) is 3.86. The normalized spacial score (nSPS) is 10.7. The Hall–Kier alpha value is -2.39. The zero-order valence-corrected chi connectivity index (χ0v) is 11.0. The van der Waals surface area contributed by atoms with Crippen molar-refractivity contribution in [3.8, 4) is 6.07 Å². The van der Waals surface area contributed by atoms with Gasteiger partial charge in [0.05, 0.1) is 17.4 Å². The van der Waals surface area contributed by atoms with Crippen LogP contribution < -0.4 is 4.72 Å². The summed E-state index contributed by atoms with van der Waals surface area (Å²) < 4.78 is 26.8. The van der Waals surface area contributed by atoms with Crippen LogP contribution in [0, 0.1) is 18.3 Å². The van der Waals surface area contributed by atoms with Gasteiger partial charge in [-0.2, -0.15) is 5.26 Å². The first-order valence-electron chi connectivity index (χ1n) is 5.46. The zero-order valence-electron chi connectivity index (χ0n) is 10.2. The highest BCUT2D eigenvalue weighted by molar-refractivity contribution is 7.92. The number of hydrogen-bond acceptors (Lipinski definition) is 4. The number of anilines is 1. The number of nitrogens with one attached hydrogen (secondary N) is 1. The Morgan fingerprint density at radius 1 is 1.26 bits per heavy atom. The fourth-order valence-electron chi connectivity index (χ4n) is 1.61. The molecule has 1 aromatic carbocycles. The fourth-order valence-corrected chi connectivity index (χ4v) is 2.81. The number of pyridine rings is 1. The van der Waals surface area contributed by atoms with E-state index in [1.807, 2.05) is 13.0 Å². The second kappa shape index (κ2) is 5.08. The number of benzene rings is 1. The molecule has 96 valence electrons. The molecule has 1 N–H and O–H groups in total. The molecular formula is C13H11N3O2S. The van der Waals surface area contributed by atoms with Crippen molar-refractivity contribution in [3.05, 3.63) is 53.9 Å². The molecule has 2 aromatic rings. The molecule has 0 aliphatic heterocycles. The largest absolute Gasteiger partial charge is 0.278 e. The fraction of sp³-hybridized carbons (Fsp3) is 0.0769. The molecule has 0 fully saturated rings. The molecule has 6 heteroatoms. The maximum Gasteiger partial charge on any atom is 0.263 e. The molecule has 0 aliphatic rings. The SMILES string of the molecule is Cc1cncc(NS(=O)(=O)c2ccccc2C#N)c1. The van der Waals surface area contributed by atoms with Gasteiger partial charge >= 0.3 is 0 Å². The van der Waals surface area contributed by atoms with E-state index in [4.69, 9.17) is 5.26 Å². The molecule has 0 spiro atoms. The molecule has 0 atom stereocenters. The van der Waals surface area contributed by atoms with E-state index in [0.717, 1.165) is 5.56 Å². The first kappa shape index (κ1) is 13.1. The number of aromatic nitrogens is 1. The van der Waals surface area contributed by atoms with Crippen LogP contribution in [-0.4, -0.2) is 13.4 Å². The van der Waals surface area contributed by atoms with E-state index < -0.39 is 10.0 Å². The van der Waals surface area contributed by atoms with E-state index >= 15 is 0 Å². The van der Waals surface area contributed by atoms with Gasteiger partial charge in [-0.1, -0.05) is 12.1 Å². The van der Waals surface area contributed by atoms with Crippen LogP contribution in [0.5, 0.6) is 0 Å². The van der Waals surface area contributed by atoms with Gasteiger partial charge in [0.25, 0.3) is 10.0 Å². The van der Waals surface area contributed by atoms with Gasteiger partial charge in [-0.25, -0.2) is 8.42 Å². The lowest BCUT2D eigenvalue weighted by molar-refractivity contribution is 0.601. The van der Waals surface area contributed by atoms with Crippen molar-refractivity contribution in [2.45, 2.75) is 11.8 Å². The van der Waals surface area contributed by atoms with Crippen molar-refractivity contribution < 1.29 is 8.42 Å². The molecule has 1 heterocycles. The van der Waals surface area contributed by atoms with Gasteiger partial charge < -0.3 is 0 Å². The summed E-state index contributed by atoms with van der Waals surface area (Å²) in [5.41, 5.74) is 1.32. The molecule has 0 amide bonds. The van der Waals surface area contributed by atoms with Gasteiger partial charge in [0.1, 0.15) is 11.0 Å². The summed E-state index contributed by atoms with van der Waals surface area (Å²) in [6.45, 7) is 1.81. The smallest absolute Gasteiger partial charge is 0.263 e. The minimum atomic E-state index is -3.79. The van der Waals surface area contributed by atoms with E-state index in [2.05, 4.69) is 9.71 Å². The highest BCUT2D eigenvalue weighted by Gasteiger charge is 2.18. The minimum Gasteiger partial charge on any atom is -0.278 e. The number of sulfonamides is 1. The standard InChI is InChI=1S/C13H11N3O2S/c1-10-6-12(9-15-8-10)16-19(17,18)13-5-3-2-4-11(13)7-14/h2-6,8-9,16H,1H3. The molecular weight excluding hydrogens is 262 g/mol. The lowest BCUT2D eigenvalue weighted by Gasteiger charge is -2.09. The van der Waals surface area contributed by atoms with Crippen molar-refractivity contribution in [2.24, 2.45) is 0 Å². The summed E-state index contributed by atoms with van der Waals surface area (Å²) >= 11 is 0. The number of hydrogen-bond donors (Lipinski definition) is 1. The third kappa shape index (κ3) is 2.89. The summed E-state index contributed by atoms with van der Waals surface area (Å²) in [6, 6.07) is 9.57. The van der Waals surface area contributed by atoms with Crippen molar-refractivity contribution >= 4 is 15.7 Å². The van der Waals surface area contributed by atoms with Crippen LogP contribution >= 0.6 is 0 Å². The molecule has 19 heavy (non-hydrogen) atoms. The number of nitriles is 1. The Balaban J connectivity index is 2.41. The Morgan fingerprint density at radius 3 is 2.68 bits per heavy atom. The zero-order chi connectivity index (χ0) is 13.9. The average molecular weight is 273 g/mol. The predicted molar refractivity (Wildman–Crippen MR) is 70.9 cm³/mol. The van der Waals surface area contributed by atoms with Crippen molar-refractivity contribution in [3.63, 3.8) is 0 Å². The second-order valence-electron chi connectivity index (χ2n) is 3.96. The van der Waals surface area contributed by atoms with E-state index in [0.29, 0.717) is 5.69 Å². The van der Waals surface area contributed by atoms with E-state index in [-0.39, 0.29) is 10.5 Å². The molecule has 0 radical (unpaired) electrons. The first-order valence-corrected chi connectivity index (χ1v) is 6.95. The maximum absolute atomic E-state index is 12.2. The molecule has 5 nitrogen and oxygen atoms in total. The lowest BCUT2D eigenvalue weighted by Crippen LogP contribution is -2.14. The van der Waals surface area contributed by atoms with Gasteiger partial charge in [-0.3, -0.25) is 9.71 Å². The highest BCUT2D eigenvalue weighted by Crippen LogP contribution is 2.19. The van der Waals surface area contributed by atoms with Gasteiger partial charge in [0.2, 0.25) is 0 Å². The quantitative estimate of drug-likeness (QED) is 0.927. The number of aryl methyl sites for hydroxylation is 1. The topological polar surface area (TPSA) is 82.8 Å². The van der Waals surface area contributed by atoms with Crippen LogP contribution in [0.15, 0.2) is 47.6 Å². The Labute approximate surface area is 111 Å². The van der Waals surface area contributed by atoms with Gasteiger partial charge in [-0.15, -0.1) is 0 Å². The molecule has 0 saturated carbocycles. The van der Waals surface area contributed by atoms with Gasteiger partial charge in [0, 0.05) is 6.20 Å². The molecule has 0 unspecified atom stereocenters. The van der Waals surface area contributed by atoms with E-state index in [1.165, 1.54) is 18.3 Å². The van der Waals surface area contributed by atoms with Gasteiger partial charge in [-0.05, 0) is 30.7 Å². The molecule has 2 rings (SSSR count). The Bertz CT molecular complexity index is 748. The van der Waals surface area contributed by atoms with Crippen molar-refractivity contribution in [2.75, 3.05) is 4.72 Å². The third-order valence-electron chi connectivity index (χ3n) is 2.42. The second-order valence-corrected chi connectivity index (χ2v) is 5.62. The Kier molecular flexibility index (Phi) is 3.49. The van der Waals surface area contributed by atoms with Crippen LogP contribution in [0.4, 0.5) is 5.69 Å². The van der Waals surface area contributed by atoms with Crippen molar-refractivity contribution in [1.29, 1.82) is 5.26 Å². The minimum absolute atomic E-state index is 0.0426. The van der Waals surface area contributed by atoms with Crippen LogP contribution in [0.1, 0.15) is 11.1 Å². The van der Waals surface area contributed by atoms with Crippen LogP contribution in [0.3, 0.4) is 0 Å². The summed E-state index contributed by atoms with van der Waals surface area (Å²) in [4.78, 5) is 3.87. The van der Waals surface area contributed by atoms with Crippen LogP contribution in [-0.2, 0) is 10.0 Å². The molecule has 0 bridgehead atoms. The van der Waals surface area contributed by atoms with Crippen LogP contribution in [0.25, 0.3) is 0 Å². The van der Waals surface area contributed by atoms with Gasteiger partial charge in [0.15, 0.2) is 0 Å². The number of nitrogens with zero attached hydrogens (tertiary/aromatic N) is 2. The van der Waals surface area contributed by atoms with Crippen LogP contribution in [0.2, 0.25) is 0 Å². The molecule has 0 aliphatic carbocycles.